The molecular weight excluding hydrogens is 222 g/mol. The lowest BCUT2D eigenvalue weighted by molar-refractivity contribution is -0.137. The molecule has 0 unspecified atom stereocenters. The van der Waals surface area contributed by atoms with Crippen LogP contribution in [0.15, 0.2) is 16.7 Å². The molecule has 0 fully saturated rings. The largest absolute Gasteiger partial charge is 0.481 e. The van der Waals surface area contributed by atoms with Crippen molar-refractivity contribution >= 4 is 11.9 Å². The van der Waals surface area contributed by atoms with Crippen LogP contribution in [0, 0.1) is 6.92 Å². The molecular formula is C12H17NO4. The molecule has 0 saturated carbocycles. The first-order valence-corrected chi connectivity index (χ1v) is 5.65. The number of nitrogens with one attached hydrogen (secondary N) is 1. The van der Waals surface area contributed by atoms with Crippen molar-refractivity contribution in [3.8, 4) is 0 Å². The second-order valence-electron chi connectivity index (χ2n) is 3.85. The number of hydrogen-bond acceptors (Lipinski definition) is 3. The summed E-state index contributed by atoms with van der Waals surface area (Å²) in [6.45, 7) is 2.30. The molecule has 0 saturated heterocycles. The molecule has 0 spiro atoms. The van der Waals surface area contributed by atoms with E-state index in [9.17, 15) is 9.59 Å². The molecule has 5 nitrogen and oxygen atoms in total. The van der Waals surface area contributed by atoms with Gasteiger partial charge in [0.05, 0.1) is 11.8 Å². The van der Waals surface area contributed by atoms with Crippen LogP contribution in [0.4, 0.5) is 0 Å². The average molecular weight is 239 g/mol. The number of furan rings is 1. The predicted octanol–water partition coefficient (Wildman–Crippen LogP) is 1.96. The lowest BCUT2D eigenvalue weighted by Gasteiger charge is -2.03. The van der Waals surface area contributed by atoms with E-state index >= 15 is 0 Å². The molecule has 17 heavy (non-hydrogen) atoms. The molecule has 1 heterocycles. The van der Waals surface area contributed by atoms with E-state index in [1.165, 1.54) is 6.26 Å². The number of carbonyl (C=O) groups excluding carboxylic acids is 1. The minimum Gasteiger partial charge on any atom is -0.481 e. The quantitative estimate of drug-likeness (QED) is 0.713. The monoisotopic (exact) mass is 239 g/mol. The molecule has 0 aromatic carbocycles. The first kappa shape index (κ1) is 13.3. The van der Waals surface area contributed by atoms with Crippen molar-refractivity contribution in [3.05, 3.63) is 23.7 Å². The van der Waals surface area contributed by atoms with Crippen molar-refractivity contribution in [2.24, 2.45) is 0 Å². The predicted molar refractivity (Wildman–Crippen MR) is 61.9 cm³/mol. The van der Waals surface area contributed by atoms with E-state index in [2.05, 4.69) is 5.32 Å². The highest BCUT2D eigenvalue weighted by atomic mass is 16.4. The summed E-state index contributed by atoms with van der Waals surface area (Å²) in [6, 6.07) is 1.63. The van der Waals surface area contributed by atoms with Crippen LogP contribution in [0.2, 0.25) is 0 Å². The van der Waals surface area contributed by atoms with E-state index in [0.29, 0.717) is 24.3 Å². The molecule has 1 aromatic heterocycles. The maximum Gasteiger partial charge on any atom is 0.303 e. The lowest BCUT2D eigenvalue weighted by Crippen LogP contribution is -2.24. The first-order valence-electron chi connectivity index (χ1n) is 5.65. The smallest absolute Gasteiger partial charge is 0.303 e. The van der Waals surface area contributed by atoms with E-state index in [4.69, 9.17) is 9.52 Å². The zero-order chi connectivity index (χ0) is 12.7. The molecule has 0 radical (unpaired) electrons. The van der Waals surface area contributed by atoms with Crippen LogP contribution < -0.4 is 5.32 Å². The Balaban J connectivity index is 2.13. The maximum absolute atomic E-state index is 11.6. The Hall–Kier alpha value is -1.78. The van der Waals surface area contributed by atoms with Crippen LogP contribution >= 0.6 is 0 Å². The Bertz CT molecular complexity index is 384. The molecule has 1 rings (SSSR count). The average Bonchev–Trinajstić information content (AvgIpc) is 2.69. The number of carboxylic acid groups (broad SMARTS) is 1. The molecule has 2 N–H and O–H groups in total. The third kappa shape index (κ3) is 4.72. The second-order valence-corrected chi connectivity index (χ2v) is 3.85. The second kappa shape index (κ2) is 6.73. The third-order valence-electron chi connectivity index (χ3n) is 2.46. The zero-order valence-corrected chi connectivity index (χ0v) is 9.86. The van der Waals surface area contributed by atoms with E-state index in [-0.39, 0.29) is 12.3 Å². The number of hydrogen-bond donors (Lipinski definition) is 2. The summed E-state index contributed by atoms with van der Waals surface area (Å²) in [5.74, 6) is -0.314. The Labute approximate surface area is 99.8 Å². The van der Waals surface area contributed by atoms with Gasteiger partial charge in [-0.1, -0.05) is 6.42 Å². The fraction of sp³-hybridized carbons (Fsp3) is 0.500. The van der Waals surface area contributed by atoms with Gasteiger partial charge in [0.15, 0.2) is 0 Å². The lowest BCUT2D eigenvalue weighted by atomic mass is 10.2. The molecule has 0 aliphatic carbocycles. The molecule has 0 aliphatic heterocycles. The topological polar surface area (TPSA) is 79.5 Å². The van der Waals surface area contributed by atoms with Gasteiger partial charge in [0, 0.05) is 13.0 Å². The van der Waals surface area contributed by atoms with Gasteiger partial charge >= 0.3 is 5.97 Å². The maximum atomic E-state index is 11.6. The van der Waals surface area contributed by atoms with Gasteiger partial charge < -0.3 is 14.8 Å². The summed E-state index contributed by atoms with van der Waals surface area (Å²) in [7, 11) is 0. The summed E-state index contributed by atoms with van der Waals surface area (Å²) in [5.41, 5.74) is 0.551. The van der Waals surface area contributed by atoms with Crippen LogP contribution in [0.3, 0.4) is 0 Å². The van der Waals surface area contributed by atoms with E-state index in [1.807, 2.05) is 0 Å². The molecule has 0 bridgehead atoms. The van der Waals surface area contributed by atoms with Gasteiger partial charge in [0.25, 0.3) is 5.91 Å². The van der Waals surface area contributed by atoms with Gasteiger partial charge in [-0.25, -0.2) is 0 Å². The Morgan fingerprint density at radius 1 is 1.35 bits per heavy atom. The van der Waals surface area contributed by atoms with Gasteiger partial charge in [0.1, 0.15) is 5.76 Å². The van der Waals surface area contributed by atoms with Crippen LogP contribution in [0.5, 0.6) is 0 Å². The molecule has 0 aliphatic rings. The number of carboxylic acids is 1. The van der Waals surface area contributed by atoms with Gasteiger partial charge in [-0.05, 0) is 25.8 Å². The zero-order valence-electron chi connectivity index (χ0n) is 9.86. The Kier molecular flexibility index (Phi) is 5.26. The SMILES string of the molecule is Cc1occc1C(=O)NCCCCCC(=O)O. The van der Waals surface area contributed by atoms with E-state index in [0.717, 1.165) is 12.8 Å². The number of carbonyl (C=O) groups is 2. The van der Waals surface area contributed by atoms with Crippen molar-refractivity contribution < 1.29 is 19.1 Å². The van der Waals surface area contributed by atoms with Crippen molar-refractivity contribution in [3.63, 3.8) is 0 Å². The summed E-state index contributed by atoms with van der Waals surface area (Å²) in [5, 5.41) is 11.2. The fourth-order valence-electron chi connectivity index (χ4n) is 1.50. The van der Waals surface area contributed by atoms with Gasteiger partial charge in [0.2, 0.25) is 0 Å². The van der Waals surface area contributed by atoms with Crippen molar-refractivity contribution in [1.29, 1.82) is 0 Å². The minimum absolute atomic E-state index is 0.144. The number of amides is 1. The standard InChI is InChI=1S/C12H17NO4/c1-9-10(6-8-17-9)12(16)13-7-4-2-3-5-11(14)15/h6,8H,2-5,7H2,1H3,(H,13,16)(H,14,15). The number of rotatable bonds is 7. The third-order valence-corrected chi connectivity index (χ3v) is 2.46. The first-order chi connectivity index (χ1) is 8.11. The van der Waals surface area contributed by atoms with Crippen molar-refractivity contribution in [2.45, 2.75) is 32.6 Å². The van der Waals surface area contributed by atoms with Crippen LogP contribution in [0.25, 0.3) is 0 Å². The fourth-order valence-corrected chi connectivity index (χ4v) is 1.50. The summed E-state index contributed by atoms with van der Waals surface area (Å²) < 4.78 is 5.03. The molecule has 5 heteroatoms. The highest BCUT2D eigenvalue weighted by Crippen LogP contribution is 2.08. The van der Waals surface area contributed by atoms with Crippen LogP contribution in [0.1, 0.15) is 41.8 Å². The highest BCUT2D eigenvalue weighted by molar-refractivity contribution is 5.94. The van der Waals surface area contributed by atoms with E-state index in [1.54, 1.807) is 13.0 Å². The van der Waals surface area contributed by atoms with Gasteiger partial charge in [-0.15, -0.1) is 0 Å². The Morgan fingerprint density at radius 3 is 2.71 bits per heavy atom. The summed E-state index contributed by atoms with van der Waals surface area (Å²) >= 11 is 0. The van der Waals surface area contributed by atoms with Crippen molar-refractivity contribution in [2.75, 3.05) is 6.54 Å². The summed E-state index contributed by atoms with van der Waals surface area (Å²) in [4.78, 5) is 21.9. The number of unbranched alkanes of at least 4 members (excludes halogenated alkanes) is 2. The van der Waals surface area contributed by atoms with E-state index < -0.39 is 5.97 Å². The van der Waals surface area contributed by atoms with Crippen LogP contribution in [-0.2, 0) is 4.79 Å². The molecule has 0 atom stereocenters. The van der Waals surface area contributed by atoms with Crippen LogP contribution in [-0.4, -0.2) is 23.5 Å². The number of aliphatic carboxylic acids is 1. The minimum atomic E-state index is -0.775. The molecule has 94 valence electrons. The van der Waals surface area contributed by atoms with Crippen molar-refractivity contribution in [1.82, 2.24) is 5.32 Å². The highest BCUT2D eigenvalue weighted by Gasteiger charge is 2.09. The van der Waals surface area contributed by atoms with Gasteiger partial charge in [-0.2, -0.15) is 0 Å². The van der Waals surface area contributed by atoms with Gasteiger partial charge in [-0.3, -0.25) is 9.59 Å². The number of aryl methyl sites for hydroxylation is 1. The molecule has 1 amide bonds. The normalized spacial score (nSPS) is 10.2. The molecule has 1 aromatic rings. The summed E-state index contributed by atoms with van der Waals surface area (Å²) in [6.07, 6.45) is 3.91. The Morgan fingerprint density at radius 2 is 2.12 bits per heavy atom.